The molecule has 2 amide bonds. The predicted molar refractivity (Wildman–Crippen MR) is 102 cm³/mol. The number of halogens is 1. The van der Waals surface area contributed by atoms with Gasteiger partial charge in [-0.25, -0.2) is 0 Å². The Balaban J connectivity index is 1.68. The molecule has 0 radical (unpaired) electrons. The summed E-state index contributed by atoms with van der Waals surface area (Å²) in [6, 6.07) is 15.6. The molecule has 3 rings (SSSR count). The lowest BCUT2D eigenvalue weighted by Gasteiger charge is -2.25. The van der Waals surface area contributed by atoms with Gasteiger partial charge in [0, 0.05) is 23.1 Å². The summed E-state index contributed by atoms with van der Waals surface area (Å²) in [5.41, 5.74) is 2.86. The monoisotopic (exact) mass is 400 g/mol. The van der Waals surface area contributed by atoms with Crippen molar-refractivity contribution in [3.05, 3.63) is 64.1 Å². The van der Waals surface area contributed by atoms with Gasteiger partial charge in [0.2, 0.25) is 11.8 Å². The van der Waals surface area contributed by atoms with Gasteiger partial charge in [-0.1, -0.05) is 46.3 Å². The highest BCUT2D eigenvalue weighted by molar-refractivity contribution is 9.10. The van der Waals surface area contributed by atoms with E-state index in [4.69, 9.17) is 0 Å². The molecule has 1 heterocycles. The Hall–Kier alpha value is -2.14. The number of aryl methyl sites for hydroxylation is 1. The summed E-state index contributed by atoms with van der Waals surface area (Å²) in [7, 11) is 0. The Morgan fingerprint density at radius 3 is 2.64 bits per heavy atom. The second-order valence-electron chi connectivity index (χ2n) is 6.48. The number of anilines is 1. The number of benzene rings is 2. The van der Waals surface area contributed by atoms with Crippen LogP contribution in [0.15, 0.2) is 53.0 Å². The van der Waals surface area contributed by atoms with Crippen LogP contribution in [0, 0.1) is 12.8 Å². The third-order valence-electron chi connectivity index (χ3n) is 4.73. The summed E-state index contributed by atoms with van der Waals surface area (Å²) in [5.74, 6) is -0.382. The van der Waals surface area contributed by atoms with Crippen LogP contribution < -0.4 is 5.32 Å². The molecular formula is C20H21BrN2O2. The fraction of sp³-hybridized carbons (Fsp3) is 0.300. The quantitative estimate of drug-likeness (QED) is 0.830. The molecule has 0 aromatic heterocycles. The fourth-order valence-electron chi connectivity index (χ4n) is 3.20. The van der Waals surface area contributed by atoms with Crippen molar-refractivity contribution >= 4 is 33.4 Å². The summed E-state index contributed by atoms with van der Waals surface area (Å²) < 4.78 is 0.974. The van der Waals surface area contributed by atoms with Crippen LogP contribution in [0.4, 0.5) is 5.69 Å². The molecule has 5 heteroatoms. The third kappa shape index (κ3) is 3.93. The second-order valence-corrected chi connectivity index (χ2v) is 7.40. The van der Waals surface area contributed by atoms with Crippen molar-refractivity contribution in [3.8, 4) is 0 Å². The molecule has 2 atom stereocenters. The van der Waals surface area contributed by atoms with Crippen LogP contribution in [0.3, 0.4) is 0 Å². The molecule has 1 aliphatic heterocycles. The molecule has 2 aromatic carbocycles. The number of likely N-dealkylation sites (tertiary alicyclic amines) is 1. The molecule has 1 saturated heterocycles. The van der Waals surface area contributed by atoms with E-state index in [-0.39, 0.29) is 30.2 Å². The van der Waals surface area contributed by atoms with Crippen molar-refractivity contribution < 1.29 is 9.59 Å². The van der Waals surface area contributed by atoms with Crippen LogP contribution in [-0.4, -0.2) is 23.3 Å². The molecule has 130 valence electrons. The van der Waals surface area contributed by atoms with Gasteiger partial charge in [0.25, 0.3) is 0 Å². The number of nitrogens with one attached hydrogen (secondary N) is 1. The highest BCUT2D eigenvalue weighted by Crippen LogP contribution is 2.29. The molecule has 25 heavy (non-hydrogen) atoms. The first-order valence-electron chi connectivity index (χ1n) is 8.37. The van der Waals surface area contributed by atoms with E-state index >= 15 is 0 Å². The minimum atomic E-state index is -0.318. The van der Waals surface area contributed by atoms with Crippen LogP contribution >= 0.6 is 15.9 Å². The van der Waals surface area contributed by atoms with Crippen LogP contribution in [0.25, 0.3) is 0 Å². The molecule has 2 aromatic rings. The Morgan fingerprint density at radius 1 is 1.24 bits per heavy atom. The maximum Gasteiger partial charge on any atom is 0.229 e. The maximum absolute atomic E-state index is 12.6. The first-order chi connectivity index (χ1) is 12.0. The van der Waals surface area contributed by atoms with E-state index in [1.165, 1.54) is 0 Å². The highest BCUT2D eigenvalue weighted by Gasteiger charge is 2.37. The van der Waals surface area contributed by atoms with Crippen LogP contribution in [0.1, 0.15) is 30.5 Å². The number of carbonyl (C=O) groups is 2. The summed E-state index contributed by atoms with van der Waals surface area (Å²) in [4.78, 5) is 26.8. The zero-order valence-corrected chi connectivity index (χ0v) is 15.9. The van der Waals surface area contributed by atoms with Gasteiger partial charge in [-0.3, -0.25) is 9.59 Å². The van der Waals surface area contributed by atoms with Crippen LogP contribution in [0.5, 0.6) is 0 Å². The van der Waals surface area contributed by atoms with E-state index < -0.39 is 0 Å². The molecule has 1 aliphatic rings. The minimum absolute atomic E-state index is 0.0269. The second kappa shape index (κ2) is 7.40. The van der Waals surface area contributed by atoms with Gasteiger partial charge < -0.3 is 10.2 Å². The number of nitrogens with zero attached hydrogens (tertiary/aromatic N) is 1. The van der Waals surface area contributed by atoms with Gasteiger partial charge in [0.15, 0.2) is 0 Å². The van der Waals surface area contributed by atoms with E-state index in [2.05, 4.69) is 21.2 Å². The number of amides is 2. The average Bonchev–Trinajstić information content (AvgIpc) is 2.99. The zero-order chi connectivity index (χ0) is 18.0. The van der Waals surface area contributed by atoms with E-state index in [1.54, 1.807) is 4.90 Å². The van der Waals surface area contributed by atoms with Crippen molar-refractivity contribution in [3.63, 3.8) is 0 Å². The molecule has 0 aliphatic carbocycles. The summed E-state index contributed by atoms with van der Waals surface area (Å²) in [6.07, 6.45) is 0.262. The van der Waals surface area contributed by atoms with E-state index in [0.29, 0.717) is 6.54 Å². The number of hydrogen-bond acceptors (Lipinski definition) is 2. The lowest BCUT2D eigenvalue weighted by molar-refractivity contribution is -0.129. The minimum Gasteiger partial charge on any atom is -0.335 e. The standard InChI is InChI=1S/C20H21BrN2O2/c1-13-10-17(21)8-9-18(13)22-20(25)16-11-19(24)23(12-16)14(2)15-6-4-3-5-7-15/h3-10,14,16H,11-12H2,1-2H3,(H,22,25)/t14-,16+/m1/s1. The summed E-state index contributed by atoms with van der Waals surface area (Å²) in [6.45, 7) is 4.41. The predicted octanol–water partition coefficient (Wildman–Crippen LogP) is 4.31. The molecule has 0 spiro atoms. The summed E-state index contributed by atoms with van der Waals surface area (Å²) >= 11 is 3.42. The van der Waals surface area contributed by atoms with Crippen LogP contribution in [0.2, 0.25) is 0 Å². The van der Waals surface area contributed by atoms with Crippen molar-refractivity contribution in [2.45, 2.75) is 26.3 Å². The SMILES string of the molecule is Cc1cc(Br)ccc1NC(=O)[C@H]1CC(=O)N([C@H](C)c2ccccc2)C1. The number of rotatable bonds is 4. The number of carbonyl (C=O) groups excluding carboxylic acids is 2. The third-order valence-corrected chi connectivity index (χ3v) is 5.22. The molecule has 1 fully saturated rings. The molecule has 0 bridgehead atoms. The lowest BCUT2D eigenvalue weighted by Crippen LogP contribution is -2.30. The molecular weight excluding hydrogens is 380 g/mol. The Morgan fingerprint density at radius 2 is 1.96 bits per heavy atom. The summed E-state index contributed by atoms with van der Waals surface area (Å²) in [5, 5.41) is 2.96. The van der Waals surface area contributed by atoms with Crippen molar-refractivity contribution in [1.29, 1.82) is 0 Å². The molecule has 0 unspecified atom stereocenters. The molecule has 1 N–H and O–H groups in total. The normalized spacial score (nSPS) is 18.3. The van der Waals surface area contributed by atoms with Crippen molar-refractivity contribution in [1.82, 2.24) is 4.90 Å². The largest absolute Gasteiger partial charge is 0.335 e. The van der Waals surface area contributed by atoms with Gasteiger partial charge in [0.1, 0.15) is 0 Å². The fourth-order valence-corrected chi connectivity index (χ4v) is 3.67. The van der Waals surface area contributed by atoms with Gasteiger partial charge in [-0.05, 0) is 43.2 Å². The lowest BCUT2D eigenvalue weighted by atomic mass is 10.1. The highest BCUT2D eigenvalue weighted by atomic mass is 79.9. The molecule has 4 nitrogen and oxygen atoms in total. The van der Waals surface area contributed by atoms with Gasteiger partial charge in [-0.15, -0.1) is 0 Å². The van der Waals surface area contributed by atoms with Gasteiger partial charge in [0.05, 0.1) is 12.0 Å². The van der Waals surface area contributed by atoms with E-state index in [1.807, 2.05) is 62.4 Å². The topological polar surface area (TPSA) is 49.4 Å². The first kappa shape index (κ1) is 17.7. The Kier molecular flexibility index (Phi) is 5.23. The smallest absolute Gasteiger partial charge is 0.229 e. The average molecular weight is 401 g/mol. The Labute approximate surface area is 156 Å². The van der Waals surface area contributed by atoms with Gasteiger partial charge in [-0.2, -0.15) is 0 Å². The van der Waals surface area contributed by atoms with Crippen molar-refractivity contribution in [2.24, 2.45) is 5.92 Å². The first-order valence-corrected chi connectivity index (χ1v) is 9.16. The van der Waals surface area contributed by atoms with Gasteiger partial charge >= 0.3 is 0 Å². The zero-order valence-electron chi connectivity index (χ0n) is 14.3. The van der Waals surface area contributed by atoms with E-state index in [0.717, 1.165) is 21.3 Å². The number of hydrogen-bond donors (Lipinski definition) is 1. The maximum atomic E-state index is 12.6. The van der Waals surface area contributed by atoms with Crippen molar-refractivity contribution in [2.75, 3.05) is 11.9 Å². The molecule has 0 saturated carbocycles. The van der Waals surface area contributed by atoms with E-state index in [9.17, 15) is 9.59 Å². The van der Waals surface area contributed by atoms with Crippen LogP contribution in [-0.2, 0) is 9.59 Å². The Bertz CT molecular complexity index is 792.